The molecule has 0 aliphatic heterocycles. The summed E-state index contributed by atoms with van der Waals surface area (Å²) in [6.07, 6.45) is 2.56. The third-order valence-electron chi connectivity index (χ3n) is 2.38. The summed E-state index contributed by atoms with van der Waals surface area (Å²) in [5, 5.41) is 1.71. The van der Waals surface area contributed by atoms with E-state index >= 15 is 0 Å². The molecule has 0 amide bonds. The Balaban J connectivity index is 2.28. The normalized spacial score (nSPS) is 10.6. The molecule has 2 rings (SSSR count). The molecule has 2 aromatic rings. The minimum Gasteiger partial charge on any atom is -0.330 e. The van der Waals surface area contributed by atoms with Gasteiger partial charge in [0.1, 0.15) is 5.03 Å². The maximum atomic E-state index is 6.20. The van der Waals surface area contributed by atoms with Crippen molar-refractivity contribution in [3.63, 3.8) is 0 Å². The smallest absolute Gasteiger partial charge is 0.101 e. The van der Waals surface area contributed by atoms with Gasteiger partial charge in [-0.15, -0.1) is 0 Å². The molecule has 1 aromatic carbocycles. The van der Waals surface area contributed by atoms with Gasteiger partial charge in [-0.3, -0.25) is 0 Å². The second-order valence-corrected chi connectivity index (χ2v) is 6.06. The van der Waals surface area contributed by atoms with Gasteiger partial charge in [-0.25, -0.2) is 4.98 Å². The fourth-order valence-corrected chi connectivity index (χ4v) is 3.06. The second-order valence-electron chi connectivity index (χ2n) is 3.67. The third kappa shape index (κ3) is 3.48. The summed E-state index contributed by atoms with van der Waals surface area (Å²) in [4.78, 5) is 5.46. The molecule has 1 aromatic heterocycles. The third-order valence-corrected chi connectivity index (χ3v) is 4.26. The molecule has 94 valence electrons. The predicted octanol–water partition coefficient (Wildman–Crippen LogP) is 4.15. The number of benzene rings is 1. The molecule has 0 radical (unpaired) electrons. The highest BCUT2D eigenvalue weighted by molar-refractivity contribution is 9.10. The van der Waals surface area contributed by atoms with Gasteiger partial charge in [-0.2, -0.15) is 0 Å². The Hall–Kier alpha value is -0.550. The van der Waals surface area contributed by atoms with Crippen molar-refractivity contribution in [2.24, 2.45) is 5.73 Å². The number of rotatable bonds is 4. The molecule has 0 atom stereocenters. The van der Waals surface area contributed by atoms with E-state index in [1.807, 2.05) is 30.3 Å². The Morgan fingerprint density at radius 1 is 1.28 bits per heavy atom. The van der Waals surface area contributed by atoms with Crippen molar-refractivity contribution in [3.05, 3.63) is 51.6 Å². The quantitative estimate of drug-likeness (QED) is 0.906. The number of nitrogens with zero attached hydrogens (tertiary/aromatic N) is 1. The van der Waals surface area contributed by atoms with Crippen LogP contribution in [0.25, 0.3) is 0 Å². The van der Waals surface area contributed by atoms with E-state index < -0.39 is 0 Å². The average molecular weight is 344 g/mol. The van der Waals surface area contributed by atoms with Gasteiger partial charge < -0.3 is 5.73 Å². The van der Waals surface area contributed by atoms with Crippen LogP contribution in [0.15, 0.2) is 50.9 Å². The summed E-state index contributed by atoms with van der Waals surface area (Å²) in [6, 6.07) is 9.84. The molecule has 18 heavy (non-hydrogen) atoms. The lowest BCUT2D eigenvalue weighted by atomic mass is 10.1. The van der Waals surface area contributed by atoms with Crippen LogP contribution in [0.1, 0.15) is 5.56 Å². The maximum Gasteiger partial charge on any atom is 0.101 e. The number of aromatic nitrogens is 1. The van der Waals surface area contributed by atoms with Crippen LogP contribution in [-0.2, 0) is 6.42 Å². The van der Waals surface area contributed by atoms with Crippen molar-refractivity contribution in [2.45, 2.75) is 16.3 Å². The average Bonchev–Trinajstić information content (AvgIpc) is 2.36. The van der Waals surface area contributed by atoms with Crippen LogP contribution in [0.3, 0.4) is 0 Å². The summed E-state index contributed by atoms with van der Waals surface area (Å²) in [6.45, 7) is 0.588. The van der Waals surface area contributed by atoms with Crippen LogP contribution in [0, 0.1) is 0 Å². The van der Waals surface area contributed by atoms with Gasteiger partial charge in [-0.1, -0.05) is 29.4 Å². The van der Waals surface area contributed by atoms with Crippen molar-refractivity contribution in [2.75, 3.05) is 6.54 Å². The highest BCUT2D eigenvalue weighted by atomic mass is 79.9. The monoisotopic (exact) mass is 342 g/mol. The molecule has 0 aliphatic rings. The molecule has 5 heteroatoms. The second kappa shape index (κ2) is 6.57. The van der Waals surface area contributed by atoms with Crippen LogP contribution < -0.4 is 5.73 Å². The first-order chi connectivity index (χ1) is 8.70. The number of nitrogens with two attached hydrogens (primary N) is 1. The van der Waals surface area contributed by atoms with Crippen molar-refractivity contribution < 1.29 is 0 Å². The van der Waals surface area contributed by atoms with Crippen LogP contribution in [0.4, 0.5) is 0 Å². The highest BCUT2D eigenvalue weighted by Gasteiger charge is 2.08. The van der Waals surface area contributed by atoms with Gasteiger partial charge >= 0.3 is 0 Å². The van der Waals surface area contributed by atoms with E-state index in [4.69, 9.17) is 17.3 Å². The van der Waals surface area contributed by atoms with Crippen LogP contribution in [0.5, 0.6) is 0 Å². The number of halogens is 2. The van der Waals surface area contributed by atoms with Crippen molar-refractivity contribution in [1.82, 2.24) is 4.98 Å². The summed E-state index contributed by atoms with van der Waals surface area (Å²) in [5.41, 5.74) is 6.72. The fraction of sp³-hybridized carbons (Fsp3) is 0.154. The molecule has 1 heterocycles. The lowest BCUT2D eigenvalue weighted by Gasteiger charge is -2.09. The Morgan fingerprint density at radius 3 is 2.78 bits per heavy atom. The summed E-state index contributed by atoms with van der Waals surface area (Å²) < 4.78 is 0.972. The van der Waals surface area contributed by atoms with Crippen molar-refractivity contribution >= 4 is 39.3 Å². The molecule has 0 fully saturated rings. The molecule has 0 unspecified atom stereocenters. The van der Waals surface area contributed by atoms with Gasteiger partial charge in [0.2, 0.25) is 0 Å². The molecule has 0 spiro atoms. The van der Waals surface area contributed by atoms with Gasteiger partial charge in [0.05, 0.1) is 0 Å². The molecular weight excluding hydrogens is 332 g/mol. The molecule has 2 N–H and O–H groups in total. The number of hydrogen-bond acceptors (Lipinski definition) is 3. The van der Waals surface area contributed by atoms with E-state index in [1.54, 1.807) is 18.0 Å². The predicted molar refractivity (Wildman–Crippen MR) is 80.3 cm³/mol. The van der Waals surface area contributed by atoms with E-state index in [0.29, 0.717) is 6.54 Å². The van der Waals surface area contributed by atoms with Crippen LogP contribution in [0.2, 0.25) is 5.02 Å². The zero-order valence-corrected chi connectivity index (χ0v) is 12.7. The Kier molecular flexibility index (Phi) is 5.06. The Morgan fingerprint density at radius 2 is 2.11 bits per heavy atom. The van der Waals surface area contributed by atoms with E-state index in [-0.39, 0.29) is 0 Å². The van der Waals surface area contributed by atoms with Crippen LogP contribution in [-0.4, -0.2) is 11.5 Å². The maximum absolute atomic E-state index is 6.20. The van der Waals surface area contributed by atoms with E-state index in [0.717, 1.165) is 31.4 Å². The van der Waals surface area contributed by atoms with Crippen molar-refractivity contribution in [3.8, 4) is 0 Å². The summed E-state index contributed by atoms with van der Waals surface area (Å²) >= 11 is 11.2. The zero-order valence-electron chi connectivity index (χ0n) is 9.57. The minimum atomic E-state index is 0.588. The molecule has 2 nitrogen and oxygen atoms in total. The Labute approximate surface area is 124 Å². The van der Waals surface area contributed by atoms with Gasteiger partial charge in [0, 0.05) is 20.6 Å². The lowest BCUT2D eigenvalue weighted by Crippen LogP contribution is -2.04. The van der Waals surface area contributed by atoms with Gasteiger partial charge in [0.15, 0.2) is 0 Å². The highest BCUT2D eigenvalue weighted by Crippen LogP contribution is 2.33. The first kappa shape index (κ1) is 13.9. The first-order valence-corrected chi connectivity index (χ1v) is 7.46. The van der Waals surface area contributed by atoms with E-state index in [9.17, 15) is 0 Å². The molecule has 0 saturated carbocycles. The first-order valence-electron chi connectivity index (χ1n) is 5.47. The number of hydrogen-bond donors (Lipinski definition) is 1. The topological polar surface area (TPSA) is 38.9 Å². The minimum absolute atomic E-state index is 0.588. The SMILES string of the molecule is NCCc1c(Cl)cccc1Sc1ccc(Br)cn1. The van der Waals surface area contributed by atoms with E-state index in [2.05, 4.69) is 20.9 Å². The van der Waals surface area contributed by atoms with E-state index in [1.165, 1.54) is 0 Å². The van der Waals surface area contributed by atoms with Gasteiger partial charge in [-0.05, 0) is 58.7 Å². The number of pyridine rings is 1. The zero-order chi connectivity index (χ0) is 13.0. The molecule has 0 bridgehead atoms. The summed E-state index contributed by atoms with van der Waals surface area (Å²) in [5.74, 6) is 0. The van der Waals surface area contributed by atoms with Gasteiger partial charge in [0.25, 0.3) is 0 Å². The summed E-state index contributed by atoms with van der Waals surface area (Å²) in [7, 11) is 0. The lowest BCUT2D eigenvalue weighted by molar-refractivity contribution is 0.943. The molecular formula is C13H12BrClN2S. The van der Waals surface area contributed by atoms with Crippen LogP contribution >= 0.6 is 39.3 Å². The standard InChI is InChI=1S/C13H12BrClN2S/c14-9-4-5-13(17-8-9)18-12-3-1-2-11(15)10(12)6-7-16/h1-5,8H,6-7,16H2. The van der Waals surface area contributed by atoms with Crippen molar-refractivity contribution in [1.29, 1.82) is 0 Å². The molecule has 0 saturated heterocycles. The molecule has 0 aliphatic carbocycles. The Bertz CT molecular complexity index is 531. The largest absolute Gasteiger partial charge is 0.330 e. The fourth-order valence-electron chi connectivity index (χ4n) is 1.56.